The number of ether oxygens (including phenoxy) is 2. The van der Waals surface area contributed by atoms with Crippen LogP contribution in [-0.4, -0.2) is 48.0 Å². The van der Waals surface area contributed by atoms with Gasteiger partial charge in [-0.3, -0.25) is 24.1 Å². The van der Waals surface area contributed by atoms with Gasteiger partial charge in [-0.25, -0.2) is 0 Å². The average Bonchev–Trinajstić information content (AvgIpc) is 3.03. The van der Waals surface area contributed by atoms with Crippen LogP contribution >= 0.6 is 0 Å². The maximum Gasteiger partial charge on any atom is 0.264 e. The summed E-state index contributed by atoms with van der Waals surface area (Å²) in [5, 5.41) is 3.16. The quantitative estimate of drug-likeness (QED) is 0.583. The van der Waals surface area contributed by atoms with Crippen molar-refractivity contribution < 1.29 is 28.7 Å². The van der Waals surface area contributed by atoms with Crippen LogP contribution in [0.15, 0.2) is 36.4 Å². The Hall–Kier alpha value is -3.68. The third kappa shape index (κ3) is 3.24. The van der Waals surface area contributed by atoms with Crippen LogP contribution in [-0.2, 0) is 9.59 Å². The van der Waals surface area contributed by atoms with Crippen LogP contribution in [0.5, 0.6) is 11.5 Å². The molecule has 31 heavy (non-hydrogen) atoms. The fourth-order valence-corrected chi connectivity index (χ4v) is 4.10. The first-order valence-corrected chi connectivity index (χ1v) is 9.86. The normalized spacial score (nSPS) is 20.7. The molecule has 1 N–H and O–H groups in total. The van der Waals surface area contributed by atoms with E-state index in [2.05, 4.69) is 5.32 Å². The smallest absolute Gasteiger partial charge is 0.264 e. The fourth-order valence-electron chi connectivity index (χ4n) is 4.10. The number of rotatable bonds is 5. The largest absolute Gasteiger partial charge is 0.497 e. The van der Waals surface area contributed by atoms with E-state index in [1.54, 1.807) is 50.4 Å². The summed E-state index contributed by atoms with van der Waals surface area (Å²) in [6, 6.07) is 10.1. The summed E-state index contributed by atoms with van der Waals surface area (Å²) in [5.41, 5.74) is 0.0753. The molecule has 1 atom stereocenters. The molecule has 4 rings (SSSR count). The van der Waals surface area contributed by atoms with Crippen molar-refractivity contribution in [1.82, 2.24) is 4.90 Å². The molecule has 2 aliphatic rings. The second-order valence-electron chi connectivity index (χ2n) is 7.78. The predicted molar refractivity (Wildman–Crippen MR) is 112 cm³/mol. The molecule has 1 aliphatic heterocycles. The minimum atomic E-state index is -1.34. The second-order valence-corrected chi connectivity index (χ2v) is 7.78. The molecule has 2 aromatic rings. The molecule has 1 heterocycles. The number of hydrogen-bond donors (Lipinski definition) is 1. The lowest BCUT2D eigenvalue weighted by molar-refractivity contribution is -0.137. The molecule has 1 saturated carbocycles. The van der Waals surface area contributed by atoms with Gasteiger partial charge >= 0.3 is 0 Å². The van der Waals surface area contributed by atoms with E-state index in [4.69, 9.17) is 9.47 Å². The molecular weight excluding hydrogens is 400 g/mol. The molecule has 0 spiro atoms. The third-order valence-electron chi connectivity index (χ3n) is 5.94. The Morgan fingerprint density at radius 3 is 2.42 bits per heavy atom. The fraction of sp³-hybridized carbons (Fsp3) is 0.304. The molecule has 0 bridgehead atoms. The van der Waals surface area contributed by atoms with Crippen molar-refractivity contribution in [3.05, 3.63) is 47.5 Å². The summed E-state index contributed by atoms with van der Waals surface area (Å²) in [6.45, 7) is 1.56. The number of amides is 2. The van der Waals surface area contributed by atoms with Crippen molar-refractivity contribution >= 4 is 34.8 Å². The Morgan fingerprint density at radius 2 is 1.74 bits per heavy atom. The number of nitrogens with one attached hydrogen (secondary N) is 1. The molecule has 0 aromatic heterocycles. The number of imide groups is 1. The molecule has 8 heteroatoms. The monoisotopic (exact) mass is 422 g/mol. The average molecular weight is 422 g/mol. The van der Waals surface area contributed by atoms with Crippen LogP contribution in [0.1, 0.15) is 46.9 Å². The lowest BCUT2D eigenvalue weighted by Gasteiger charge is -2.38. The summed E-state index contributed by atoms with van der Waals surface area (Å²) in [6.07, 6.45) is 0.0209. The number of hydrogen-bond acceptors (Lipinski definition) is 7. The number of ketones is 2. The molecule has 2 aromatic carbocycles. The highest BCUT2D eigenvalue weighted by molar-refractivity contribution is 6.26. The molecule has 160 valence electrons. The van der Waals surface area contributed by atoms with Gasteiger partial charge < -0.3 is 14.8 Å². The first kappa shape index (κ1) is 20.6. The molecule has 1 aliphatic carbocycles. The zero-order valence-electron chi connectivity index (χ0n) is 17.5. The van der Waals surface area contributed by atoms with Crippen LogP contribution in [0.3, 0.4) is 0 Å². The van der Waals surface area contributed by atoms with Gasteiger partial charge in [0.05, 0.1) is 43.1 Å². The lowest BCUT2D eigenvalue weighted by Crippen LogP contribution is -2.57. The number of fused-ring (bicyclic) bond motifs is 1. The van der Waals surface area contributed by atoms with Crippen molar-refractivity contribution in [3.8, 4) is 11.5 Å². The van der Waals surface area contributed by atoms with Gasteiger partial charge in [0.2, 0.25) is 0 Å². The standard InChI is InChI=1S/C23H22N2O6/c1-23(10-9-13(26)11-19(23)27)25-21(28)15-5-4-6-17(20(15)22(25)29)24-16-8-7-14(30-2)12-18(16)31-3/h4-8,12,24H,9-11H2,1-3H3/t23-/m0/s1. The van der Waals surface area contributed by atoms with Crippen LogP contribution in [0.25, 0.3) is 0 Å². The Bertz CT molecular complexity index is 1130. The van der Waals surface area contributed by atoms with E-state index in [0.29, 0.717) is 22.9 Å². The van der Waals surface area contributed by atoms with E-state index in [-0.39, 0.29) is 36.2 Å². The summed E-state index contributed by atoms with van der Waals surface area (Å²) in [4.78, 5) is 51.9. The minimum Gasteiger partial charge on any atom is -0.497 e. The van der Waals surface area contributed by atoms with Gasteiger partial charge in [0.15, 0.2) is 5.78 Å². The number of carbonyl (C=O) groups excluding carboxylic acids is 4. The van der Waals surface area contributed by atoms with Crippen molar-refractivity contribution in [2.24, 2.45) is 0 Å². The van der Waals surface area contributed by atoms with E-state index in [1.807, 2.05) is 0 Å². The Balaban J connectivity index is 1.73. The molecule has 1 fully saturated rings. The molecule has 0 unspecified atom stereocenters. The minimum absolute atomic E-state index is 0.130. The summed E-state index contributed by atoms with van der Waals surface area (Å²) >= 11 is 0. The van der Waals surface area contributed by atoms with Gasteiger partial charge in [0, 0.05) is 12.5 Å². The van der Waals surface area contributed by atoms with Crippen LogP contribution in [0, 0.1) is 0 Å². The van der Waals surface area contributed by atoms with Gasteiger partial charge in [-0.15, -0.1) is 0 Å². The van der Waals surface area contributed by atoms with Gasteiger partial charge in [-0.2, -0.15) is 0 Å². The highest BCUT2D eigenvalue weighted by Crippen LogP contribution is 2.40. The summed E-state index contributed by atoms with van der Waals surface area (Å²) in [5.74, 6) is -0.566. The number of nitrogens with zero attached hydrogens (tertiary/aromatic N) is 1. The Kier molecular flexibility index (Phi) is 5.00. The maximum absolute atomic E-state index is 13.4. The molecule has 0 saturated heterocycles. The van der Waals surface area contributed by atoms with Gasteiger partial charge in [-0.05, 0) is 37.6 Å². The number of methoxy groups -OCH3 is 2. The number of anilines is 2. The van der Waals surface area contributed by atoms with E-state index >= 15 is 0 Å². The molecular formula is C23H22N2O6. The van der Waals surface area contributed by atoms with E-state index in [9.17, 15) is 19.2 Å². The number of Topliss-reactive ketones (excluding diaryl/α,β-unsaturated/α-hetero) is 2. The van der Waals surface area contributed by atoms with Crippen molar-refractivity contribution in [3.63, 3.8) is 0 Å². The maximum atomic E-state index is 13.4. The summed E-state index contributed by atoms with van der Waals surface area (Å²) < 4.78 is 10.6. The highest BCUT2D eigenvalue weighted by atomic mass is 16.5. The zero-order valence-corrected chi connectivity index (χ0v) is 17.5. The summed E-state index contributed by atoms with van der Waals surface area (Å²) in [7, 11) is 3.06. The Labute approximate surface area is 179 Å². The van der Waals surface area contributed by atoms with Gasteiger partial charge in [-0.1, -0.05) is 6.07 Å². The third-order valence-corrected chi connectivity index (χ3v) is 5.94. The Morgan fingerprint density at radius 1 is 0.968 bits per heavy atom. The van der Waals surface area contributed by atoms with Crippen LogP contribution < -0.4 is 14.8 Å². The first-order valence-electron chi connectivity index (χ1n) is 9.86. The SMILES string of the molecule is COc1ccc(Nc2cccc3c2C(=O)N([C@@]2(C)CCC(=O)CC2=O)C3=O)c(OC)c1. The molecule has 0 radical (unpaired) electrons. The topological polar surface area (TPSA) is 102 Å². The van der Waals surface area contributed by atoms with E-state index in [1.165, 1.54) is 7.11 Å². The van der Waals surface area contributed by atoms with Crippen molar-refractivity contribution in [2.45, 2.75) is 31.7 Å². The lowest BCUT2D eigenvalue weighted by atomic mass is 9.80. The van der Waals surface area contributed by atoms with Crippen molar-refractivity contribution in [1.29, 1.82) is 0 Å². The van der Waals surface area contributed by atoms with Crippen LogP contribution in [0.2, 0.25) is 0 Å². The first-order chi connectivity index (χ1) is 14.8. The van der Waals surface area contributed by atoms with E-state index < -0.39 is 23.1 Å². The zero-order chi connectivity index (χ0) is 22.3. The van der Waals surface area contributed by atoms with Gasteiger partial charge in [0.25, 0.3) is 11.8 Å². The van der Waals surface area contributed by atoms with Gasteiger partial charge in [0.1, 0.15) is 22.8 Å². The van der Waals surface area contributed by atoms with E-state index in [0.717, 1.165) is 4.90 Å². The second kappa shape index (κ2) is 7.54. The molecule has 2 amide bonds. The highest BCUT2D eigenvalue weighted by Gasteiger charge is 2.52. The number of benzene rings is 2. The van der Waals surface area contributed by atoms with Crippen molar-refractivity contribution in [2.75, 3.05) is 19.5 Å². The number of carbonyl (C=O) groups is 4. The van der Waals surface area contributed by atoms with Crippen LogP contribution in [0.4, 0.5) is 11.4 Å². The molecule has 8 nitrogen and oxygen atoms in total. The predicted octanol–water partition coefficient (Wildman–Crippen LogP) is 3.12.